The number of hydrogen-bond donors (Lipinski definition) is 0. The molecule has 13 rings (SSSR count). The number of fused-ring (bicyclic) bond motifs is 7. The minimum absolute atomic E-state index is 0.839. The highest BCUT2D eigenvalue weighted by Gasteiger charge is 2.24. The molecule has 0 aliphatic carbocycles. The summed E-state index contributed by atoms with van der Waals surface area (Å²) in [6.07, 6.45) is 0. The van der Waals surface area contributed by atoms with Crippen LogP contribution in [0.3, 0.4) is 0 Å². The molecule has 0 radical (unpaired) electrons. The van der Waals surface area contributed by atoms with Gasteiger partial charge in [-0.2, -0.15) is 0 Å². The number of nitrogens with zero attached hydrogens (tertiary/aromatic N) is 1. The first kappa shape index (κ1) is 38.5. The van der Waals surface area contributed by atoms with Gasteiger partial charge >= 0.3 is 0 Å². The van der Waals surface area contributed by atoms with Crippen LogP contribution in [0.15, 0.2) is 258 Å². The minimum Gasteiger partial charge on any atom is -0.456 e. The van der Waals surface area contributed by atoms with Crippen LogP contribution >= 0.6 is 0 Å². The van der Waals surface area contributed by atoms with Crippen LogP contribution in [0.4, 0.5) is 17.1 Å². The van der Waals surface area contributed by atoms with E-state index in [2.05, 4.69) is 248 Å². The molecule has 0 amide bonds. The molecular formula is C64H41NO2. The molecule has 314 valence electrons. The minimum atomic E-state index is 0.839. The summed E-state index contributed by atoms with van der Waals surface area (Å²) in [5.41, 5.74) is 17.8. The zero-order valence-electron chi connectivity index (χ0n) is 36.4. The van der Waals surface area contributed by atoms with Crippen molar-refractivity contribution < 1.29 is 8.83 Å². The highest BCUT2D eigenvalue weighted by Crippen LogP contribution is 2.48. The molecule has 11 aromatic carbocycles. The SMILES string of the molecule is c1ccc(-c2ccc3c(c2)oc2ccc(N(c4ccc(-c5cc6ccccc6cc5-c5ccccc5)cc4)c4ccc(-c5ccccc5)c5oc6cc(-c7ccccc7)ccc6c45)cc23)cc1. The van der Waals surface area contributed by atoms with E-state index in [0.717, 1.165) is 99.9 Å². The van der Waals surface area contributed by atoms with Crippen LogP contribution in [0.2, 0.25) is 0 Å². The van der Waals surface area contributed by atoms with E-state index in [4.69, 9.17) is 8.83 Å². The molecule has 0 fully saturated rings. The summed E-state index contributed by atoms with van der Waals surface area (Å²) in [5, 5.41) is 6.66. The molecule has 2 heterocycles. The molecule has 0 saturated heterocycles. The molecule has 2 aromatic heterocycles. The second-order valence-corrected chi connectivity index (χ2v) is 17.2. The summed E-state index contributed by atoms with van der Waals surface area (Å²) in [7, 11) is 0. The maximum absolute atomic E-state index is 7.05. The standard InChI is InChI=1S/C64H41NO2/c1-5-15-42(16-6-1)49-27-32-54-58-41-52(31-36-60(58)66-61(54)39-49)65(51-29-25-46(26-30-51)57-38-48-24-14-13-23-47(48)37-56(57)45-21-11-4-12-22-45)59-35-34-53(44-19-9-3-10-20-44)64-63(59)55-33-28-50(40-62(55)67-64)43-17-7-2-8-18-43/h1-41H. The van der Waals surface area contributed by atoms with Crippen LogP contribution in [0.1, 0.15) is 0 Å². The van der Waals surface area contributed by atoms with Gasteiger partial charge in [0.15, 0.2) is 0 Å². The van der Waals surface area contributed by atoms with Crippen LogP contribution < -0.4 is 4.90 Å². The Bertz CT molecular complexity index is 3950. The third-order valence-electron chi connectivity index (χ3n) is 13.3. The first-order valence-corrected chi connectivity index (χ1v) is 22.8. The van der Waals surface area contributed by atoms with Gasteiger partial charge in [-0.1, -0.05) is 170 Å². The Morgan fingerprint density at radius 2 is 0.746 bits per heavy atom. The molecule has 0 saturated carbocycles. The zero-order valence-corrected chi connectivity index (χ0v) is 36.4. The molecule has 0 atom stereocenters. The van der Waals surface area contributed by atoms with E-state index in [1.807, 2.05) is 6.07 Å². The Hall–Kier alpha value is -8.92. The third kappa shape index (κ3) is 6.76. The van der Waals surface area contributed by atoms with E-state index in [9.17, 15) is 0 Å². The summed E-state index contributed by atoms with van der Waals surface area (Å²) in [5.74, 6) is 0. The number of rotatable bonds is 8. The van der Waals surface area contributed by atoms with Gasteiger partial charge in [0, 0.05) is 33.1 Å². The molecule has 0 bridgehead atoms. The lowest BCUT2D eigenvalue weighted by Gasteiger charge is -2.27. The van der Waals surface area contributed by atoms with E-state index in [1.165, 1.54) is 27.5 Å². The lowest BCUT2D eigenvalue weighted by Crippen LogP contribution is -2.10. The van der Waals surface area contributed by atoms with Crippen LogP contribution in [-0.2, 0) is 0 Å². The molecular weight excluding hydrogens is 815 g/mol. The molecule has 0 unspecified atom stereocenters. The lowest BCUT2D eigenvalue weighted by atomic mass is 9.91. The van der Waals surface area contributed by atoms with Gasteiger partial charge in [0.25, 0.3) is 0 Å². The topological polar surface area (TPSA) is 29.5 Å². The van der Waals surface area contributed by atoms with E-state index in [-0.39, 0.29) is 0 Å². The smallest absolute Gasteiger partial charge is 0.145 e. The highest BCUT2D eigenvalue weighted by atomic mass is 16.3. The summed E-state index contributed by atoms with van der Waals surface area (Å²) < 4.78 is 13.6. The fraction of sp³-hybridized carbons (Fsp3) is 0. The van der Waals surface area contributed by atoms with Crippen LogP contribution in [0, 0.1) is 0 Å². The van der Waals surface area contributed by atoms with Crippen molar-refractivity contribution in [2.24, 2.45) is 0 Å². The Kier molecular flexibility index (Phi) is 9.17. The van der Waals surface area contributed by atoms with Gasteiger partial charge in [-0.15, -0.1) is 0 Å². The van der Waals surface area contributed by atoms with E-state index >= 15 is 0 Å². The number of hydrogen-bond acceptors (Lipinski definition) is 3. The number of furan rings is 2. The van der Waals surface area contributed by atoms with Gasteiger partial charge in [0.05, 0.1) is 11.1 Å². The Labute approximate surface area is 388 Å². The maximum atomic E-state index is 7.05. The maximum Gasteiger partial charge on any atom is 0.145 e. The Balaban J connectivity index is 1.03. The van der Waals surface area contributed by atoms with Gasteiger partial charge in [-0.25, -0.2) is 0 Å². The molecule has 0 aliphatic rings. The first-order valence-electron chi connectivity index (χ1n) is 22.8. The van der Waals surface area contributed by atoms with Crippen molar-refractivity contribution in [1.82, 2.24) is 0 Å². The molecule has 0 aliphatic heterocycles. The van der Waals surface area contributed by atoms with Crippen LogP contribution in [-0.4, -0.2) is 0 Å². The molecule has 67 heavy (non-hydrogen) atoms. The summed E-state index contributed by atoms with van der Waals surface area (Å²) >= 11 is 0. The monoisotopic (exact) mass is 855 g/mol. The average Bonchev–Trinajstić information content (AvgIpc) is 3.98. The molecule has 3 nitrogen and oxygen atoms in total. The van der Waals surface area contributed by atoms with Gasteiger partial charge in [0.2, 0.25) is 0 Å². The fourth-order valence-corrected chi connectivity index (χ4v) is 9.97. The van der Waals surface area contributed by atoms with E-state index < -0.39 is 0 Å². The Morgan fingerprint density at radius 1 is 0.269 bits per heavy atom. The van der Waals surface area contributed by atoms with Crippen molar-refractivity contribution >= 4 is 71.7 Å². The number of benzene rings is 11. The average molecular weight is 856 g/mol. The van der Waals surface area contributed by atoms with E-state index in [1.54, 1.807) is 0 Å². The first-order chi connectivity index (χ1) is 33.2. The van der Waals surface area contributed by atoms with Crippen LogP contribution in [0.25, 0.3) is 110 Å². The zero-order chi connectivity index (χ0) is 44.3. The predicted molar refractivity (Wildman–Crippen MR) is 280 cm³/mol. The summed E-state index contributed by atoms with van der Waals surface area (Å²) in [6, 6.07) is 88.8. The van der Waals surface area contributed by atoms with Crippen molar-refractivity contribution in [2.45, 2.75) is 0 Å². The van der Waals surface area contributed by atoms with Crippen molar-refractivity contribution in [3.63, 3.8) is 0 Å². The van der Waals surface area contributed by atoms with Crippen molar-refractivity contribution in [1.29, 1.82) is 0 Å². The Morgan fingerprint density at radius 3 is 1.34 bits per heavy atom. The quantitative estimate of drug-likeness (QED) is 0.152. The van der Waals surface area contributed by atoms with Gasteiger partial charge in [-0.3, -0.25) is 0 Å². The molecule has 0 spiro atoms. The molecule has 13 aromatic rings. The highest BCUT2D eigenvalue weighted by molar-refractivity contribution is 6.18. The van der Waals surface area contributed by atoms with Crippen molar-refractivity contribution in [3.05, 3.63) is 249 Å². The van der Waals surface area contributed by atoms with Crippen LogP contribution in [0.5, 0.6) is 0 Å². The summed E-state index contributed by atoms with van der Waals surface area (Å²) in [4.78, 5) is 2.38. The van der Waals surface area contributed by atoms with Crippen molar-refractivity contribution in [3.8, 4) is 55.6 Å². The normalized spacial score (nSPS) is 11.6. The van der Waals surface area contributed by atoms with Gasteiger partial charge in [-0.05, 0) is 140 Å². The predicted octanol–water partition coefficient (Wildman–Crippen LogP) is 18.4. The summed E-state index contributed by atoms with van der Waals surface area (Å²) in [6.45, 7) is 0. The lowest BCUT2D eigenvalue weighted by molar-refractivity contribution is 0.669. The van der Waals surface area contributed by atoms with E-state index in [0.29, 0.717) is 0 Å². The molecule has 0 N–H and O–H groups in total. The third-order valence-corrected chi connectivity index (χ3v) is 13.3. The largest absolute Gasteiger partial charge is 0.456 e. The van der Waals surface area contributed by atoms with Crippen molar-refractivity contribution in [2.75, 3.05) is 4.90 Å². The second kappa shape index (κ2) is 16.0. The van der Waals surface area contributed by atoms with Gasteiger partial charge < -0.3 is 13.7 Å². The fourth-order valence-electron chi connectivity index (χ4n) is 9.97. The second-order valence-electron chi connectivity index (χ2n) is 17.2. The number of anilines is 3. The molecule has 3 heteroatoms. The van der Waals surface area contributed by atoms with Gasteiger partial charge in [0.1, 0.15) is 22.3 Å².